The van der Waals surface area contributed by atoms with Gasteiger partial charge in [-0.05, 0) is 5.92 Å². The van der Waals surface area contributed by atoms with Crippen LogP contribution in [0.25, 0.3) is 0 Å². The summed E-state index contributed by atoms with van der Waals surface area (Å²) >= 11 is 0. The molecular weight excluding hydrogens is 156 g/mol. The molecule has 0 heterocycles. The summed E-state index contributed by atoms with van der Waals surface area (Å²) in [6.45, 7) is 4.38. The van der Waals surface area contributed by atoms with Crippen LogP contribution >= 0.6 is 0 Å². The van der Waals surface area contributed by atoms with Crippen LogP contribution in [-0.2, 0) is 14.2 Å². The van der Waals surface area contributed by atoms with Gasteiger partial charge in [0.2, 0.25) is 0 Å². The molecule has 0 saturated heterocycles. The first-order valence-corrected chi connectivity index (χ1v) is 4.23. The van der Waals surface area contributed by atoms with Crippen LogP contribution in [0.1, 0.15) is 6.92 Å². The van der Waals surface area contributed by atoms with Crippen molar-refractivity contribution in [1.29, 1.82) is 0 Å². The second-order valence-electron chi connectivity index (χ2n) is 3.10. The van der Waals surface area contributed by atoms with Crippen LogP contribution in [0.5, 0.6) is 0 Å². The molecule has 0 fully saturated rings. The smallest absolute Gasteiger partial charge is 0.0515 e. The summed E-state index contributed by atoms with van der Waals surface area (Å²) < 4.78 is 15.2. The van der Waals surface area contributed by atoms with Crippen LogP contribution < -0.4 is 0 Å². The molecule has 0 aromatic heterocycles. The maximum Gasteiger partial charge on any atom is 0.0515 e. The fourth-order valence-corrected chi connectivity index (χ4v) is 1.20. The SMILES string of the molecule is COCC(C)C(COC)COC. The molecular formula is C9H20O3. The van der Waals surface area contributed by atoms with E-state index in [9.17, 15) is 0 Å². The zero-order valence-corrected chi connectivity index (χ0v) is 8.50. The van der Waals surface area contributed by atoms with Gasteiger partial charge in [0.1, 0.15) is 0 Å². The van der Waals surface area contributed by atoms with Crippen LogP contribution in [0.4, 0.5) is 0 Å². The first-order chi connectivity index (χ1) is 5.76. The maximum absolute atomic E-state index is 5.09. The Bertz CT molecular complexity index is 89.8. The van der Waals surface area contributed by atoms with Gasteiger partial charge < -0.3 is 14.2 Å². The molecule has 0 aromatic carbocycles. The number of hydrogen-bond acceptors (Lipinski definition) is 3. The molecule has 0 aliphatic carbocycles. The molecule has 74 valence electrons. The highest BCUT2D eigenvalue weighted by Gasteiger charge is 2.16. The van der Waals surface area contributed by atoms with Gasteiger partial charge in [-0.25, -0.2) is 0 Å². The monoisotopic (exact) mass is 176 g/mol. The predicted molar refractivity (Wildman–Crippen MR) is 48.3 cm³/mol. The maximum atomic E-state index is 5.09. The van der Waals surface area contributed by atoms with E-state index in [4.69, 9.17) is 14.2 Å². The van der Waals surface area contributed by atoms with Crippen LogP contribution in [0, 0.1) is 11.8 Å². The summed E-state index contributed by atoms with van der Waals surface area (Å²) in [7, 11) is 5.14. The summed E-state index contributed by atoms with van der Waals surface area (Å²) in [5.41, 5.74) is 0. The quantitative estimate of drug-likeness (QED) is 0.583. The molecule has 0 aromatic rings. The van der Waals surface area contributed by atoms with E-state index in [1.54, 1.807) is 21.3 Å². The topological polar surface area (TPSA) is 27.7 Å². The number of rotatable bonds is 7. The molecule has 1 atom stereocenters. The van der Waals surface area contributed by atoms with Crippen LogP contribution in [0.15, 0.2) is 0 Å². The molecule has 0 bridgehead atoms. The van der Waals surface area contributed by atoms with Gasteiger partial charge in [0.25, 0.3) is 0 Å². The highest BCUT2D eigenvalue weighted by molar-refractivity contribution is 4.64. The molecule has 0 rings (SSSR count). The number of methoxy groups -OCH3 is 3. The Kier molecular flexibility index (Phi) is 7.45. The van der Waals surface area contributed by atoms with Gasteiger partial charge in [0, 0.05) is 33.9 Å². The number of hydrogen-bond donors (Lipinski definition) is 0. The summed E-state index contributed by atoms with van der Waals surface area (Å²) in [4.78, 5) is 0. The third-order valence-corrected chi connectivity index (χ3v) is 2.00. The van der Waals surface area contributed by atoms with Gasteiger partial charge in [-0.2, -0.15) is 0 Å². The Morgan fingerprint density at radius 2 is 1.25 bits per heavy atom. The van der Waals surface area contributed by atoms with E-state index in [2.05, 4.69) is 6.92 Å². The van der Waals surface area contributed by atoms with E-state index < -0.39 is 0 Å². The second-order valence-corrected chi connectivity index (χ2v) is 3.10. The first-order valence-electron chi connectivity index (χ1n) is 4.23. The largest absolute Gasteiger partial charge is 0.384 e. The Labute approximate surface area is 75.0 Å². The predicted octanol–water partition coefficient (Wildman–Crippen LogP) is 1.18. The Hall–Kier alpha value is -0.120. The van der Waals surface area contributed by atoms with Crippen LogP contribution in [-0.4, -0.2) is 41.2 Å². The van der Waals surface area contributed by atoms with Crippen molar-refractivity contribution in [3.05, 3.63) is 0 Å². The van der Waals surface area contributed by atoms with Crippen molar-refractivity contribution in [1.82, 2.24) is 0 Å². The fraction of sp³-hybridized carbons (Fsp3) is 1.00. The summed E-state index contributed by atoms with van der Waals surface area (Å²) in [6.07, 6.45) is 0. The molecule has 1 unspecified atom stereocenters. The van der Waals surface area contributed by atoms with E-state index >= 15 is 0 Å². The molecule has 0 N–H and O–H groups in total. The highest BCUT2D eigenvalue weighted by atomic mass is 16.5. The fourth-order valence-electron chi connectivity index (χ4n) is 1.20. The van der Waals surface area contributed by atoms with Gasteiger partial charge in [0.05, 0.1) is 13.2 Å². The van der Waals surface area contributed by atoms with Gasteiger partial charge in [-0.1, -0.05) is 6.92 Å². The van der Waals surface area contributed by atoms with Crippen LogP contribution in [0.3, 0.4) is 0 Å². The first kappa shape index (κ1) is 11.9. The standard InChI is InChI=1S/C9H20O3/c1-8(5-10-2)9(6-11-3)7-12-4/h8-9H,5-7H2,1-4H3. The van der Waals surface area contributed by atoms with E-state index in [1.807, 2.05) is 0 Å². The van der Waals surface area contributed by atoms with E-state index in [1.165, 1.54) is 0 Å². The van der Waals surface area contributed by atoms with E-state index in [-0.39, 0.29) is 0 Å². The minimum atomic E-state index is 0.431. The molecule has 12 heavy (non-hydrogen) atoms. The normalized spacial score (nSPS) is 13.8. The van der Waals surface area contributed by atoms with Crippen LogP contribution in [0.2, 0.25) is 0 Å². The van der Waals surface area contributed by atoms with Crippen molar-refractivity contribution in [2.45, 2.75) is 6.92 Å². The third kappa shape index (κ3) is 4.70. The zero-order chi connectivity index (χ0) is 9.40. The minimum Gasteiger partial charge on any atom is -0.384 e. The molecule has 3 heteroatoms. The van der Waals surface area contributed by atoms with Crippen molar-refractivity contribution in [3.8, 4) is 0 Å². The summed E-state index contributed by atoms with van der Waals surface area (Å²) in [5.74, 6) is 0.912. The molecule has 0 aliphatic heterocycles. The lowest BCUT2D eigenvalue weighted by Gasteiger charge is -2.21. The number of ether oxygens (including phenoxy) is 3. The minimum absolute atomic E-state index is 0.431. The van der Waals surface area contributed by atoms with Crippen molar-refractivity contribution >= 4 is 0 Å². The summed E-state index contributed by atoms with van der Waals surface area (Å²) in [6, 6.07) is 0. The van der Waals surface area contributed by atoms with E-state index in [0.717, 1.165) is 19.8 Å². The van der Waals surface area contributed by atoms with Gasteiger partial charge in [-0.3, -0.25) is 0 Å². The van der Waals surface area contributed by atoms with Gasteiger partial charge >= 0.3 is 0 Å². The molecule has 0 amide bonds. The van der Waals surface area contributed by atoms with Crippen molar-refractivity contribution in [2.24, 2.45) is 11.8 Å². The Morgan fingerprint density at radius 3 is 1.58 bits per heavy atom. The van der Waals surface area contributed by atoms with Gasteiger partial charge in [0.15, 0.2) is 0 Å². The van der Waals surface area contributed by atoms with E-state index in [0.29, 0.717) is 11.8 Å². The van der Waals surface area contributed by atoms with Crippen molar-refractivity contribution in [2.75, 3.05) is 41.2 Å². The molecule has 3 nitrogen and oxygen atoms in total. The lowest BCUT2D eigenvalue weighted by molar-refractivity contribution is 0.0310. The molecule has 0 saturated carbocycles. The van der Waals surface area contributed by atoms with Crippen molar-refractivity contribution < 1.29 is 14.2 Å². The molecule has 0 spiro atoms. The molecule has 0 aliphatic rings. The lowest BCUT2D eigenvalue weighted by Crippen LogP contribution is -2.25. The third-order valence-electron chi connectivity index (χ3n) is 2.00. The highest BCUT2D eigenvalue weighted by Crippen LogP contribution is 2.12. The average molecular weight is 176 g/mol. The average Bonchev–Trinajstić information content (AvgIpc) is 2.04. The second kappa shape index (κ2) is 7.53. The zero-order valence-electron chi connectivity index (χ0n) is 8.50. The van der Waals surface area contributed by atoms with Gasteiger partial charge in [-0.15, -0.1) is 0 Å². The Morgan fingerprint density at radius 1 is 0.833 bits per heavy atom. The molecule has 0 radical (unpaired) electrons. The lowest BCUT2D eigenvalue weighted by atomic mass is 9.96. The van der Waals surface area contributed by atoms with Crippen molar-refractivity contribution in [3.63, 3.8) is 0 Å². The Balaban J connectivity index is 3.72. The summed E-state index contributed by atoms with van der Waals surface area (Å²) in [5, 5.41) is 0.